The summed E-state index contributed by atoms with van der Waals surface area (Å²) < 4.78 is 60.7. The van der Waals surface area contributed by atoms with Crippen molar-refractivity contribution in [3.63, 3.8) is 0 Å². The van der Waals surface area contributed by atoms with Crippen molar-refractivity contribution < 1.29 is 95.9 Å². The van der Waals surface area contributed by atoms with Crippen LogP contribution in [-0.4, -0.2) is 246 Å². The number of carbonyl (C=O) groups excluding carboxylic acids is 8. The lowest BCUT2D eigenvalue weighted by Crippen LogP contribution is -2.64. The highest BCUT2D eigenvalue weighted by atomic mass is 35.5. The summed E-state index contributed by atoms with van der Waals surface area (Å²) in [5, 5.41) is 32.8. The SMILES string of the molecule is CNN(C)Cc1cc2ccccc2n1CCC(=O)NC(CO)C(=O)NCCOCCOCCOCCOCCC(=O)N(C)C(C)C(=O)O[C@]1(OC(=O)[C@H](C)N(C)C(C)=O)CC(=O)N(C)c2cc(cc(OC)c2Cl)C/C(C)=C/C=C/C(OC)[C@@]2(O)C[C@H](OC(=O)N2)[C@@H](C)[C@@H]2O[C@]21C. The Morgan fingerprint density at radius 3 is 2.12 bits per heavy atom. The number of carbonyl (C=O) groups is 8. The zero-order valence-corrected chi connectivity index (χ0v) is 57.9. The van der Waals surface area contributed by atoms with Crippen LogP contribution in [0, 0.1) is 5.92 Å². The molecule has 4 bridgehead atoms. The van der Waals surface area contributed by atoms with Crippen molar-refractivity contribution >= 4 is 75.8 Å². The smallest absolute Gasteiger partial charge is 0.409 e. The lowest BCUT2D eigenvalue weighted by Gasteiger charge is -2.42. The van der Waals surface area contributed by atoms with E-state index in [0.29, 0.717) is 25.1 Å². The molecule has 3 unspecified atom stereocenters. The third kappa shape index (κ3) is 20.2. The number of anilines is 1. The Bertz CT molecular complexity index is 3260. The number of esters is 2. The van der Waals surface area contributed by atoms with Gasteiger partial charge < -0.3 is 87.5 Å². The van der Waals surface area contributed by atoms with Crippen LogP contribution in [0.3, 0.4) is 0 Å². The van der Waals surface area contributed by atoms with Crippen molar-refractivity contribution in [1.29, 1.82) is 0 Å². The number of hydrogen-bond acceptors (Lipinski definition) is 22. The van der Waals surface area contributed by atoms with Gasteiger partial charge in [0.15, 0.2) is 11.3 Å². The Labute approximate surface area is 565 Å². The summed E-state index contributed by atoms with van der Waals surface area (Å²) in [5.74, 6) is -8.42. The van der Waals surface area contributed by atoms with E-state index in [4.69, 9.17) is 59.0 Å². The Balaban J connectivity index is 1.01. The number of hydrazine groups is 1. The highest BCUT2D eigenvalue weighted by Crippen LogP contribution is 2.55. The molecule has 0 spiro atoms. The molecule has 6 rings (SSSR count). The predicted molar refractivity (Wildman–Crippen MR) is 351 cm³/mol. The number of hydrogen-bond donors (Lipinski definition) is 6. The number of ether oxygens (including phenoxy) is 10. The molecule has 0 radical (unpaired) electrons. The predicted octanol–water partition coefficient (Wildman–Crippen LogP) is 2.91. The van der Waals surface area contributed by atoms with E-state index < -0.39 is 114 Å². The Morgan fingerprint density at radius 1 is 0.885 bits per heavy atom. The second kappa shape index (κ2) is 35.8. The van der Waals surface area contributed by atoms with Crippen molar-refractivity contribution in [3.05, 3.63) is 82.5 Å². The zero-order chi connectivity index (χ0) is 70.7. The summed E-state index contributed by atoms with van der Waals surface area (Å²) in [4.78, 5) is 113. The maximum Gasteiger partial charge on any atom is 0.409 e. The number of para-hydroxylation sites is 1. The first-order chi connectivity index (χ1) is 45.6. The first-order valence-corrected chi connectivity index (χ1v) is 32.2. The number of methoxy groups -OCH3 is 2. The molecule has 10 atom stereocenters. The van der Waals surface area contributed by atoms with E-state index in [1.54, 1.807) is 37.3 Å². The van der Waals surface area contributed by atoms with E-state index in [0.717, 1.165) is 32.0 Å². The fourth-order valence-corrected chi connectivity index (χ4v) is 11.5. The van der Waals surface area contributed by atoms with E-state index in [1.165, 1.54) is 68.0 Å². The number of nitrogens with zero attached hydrogens (tertiary/aromatic N) is 5. The normalized spacial score (nSPS) is 23.8. The minimum absolute atomic E-state index is 0.0471. The van der Waals surface area contributed by atoms with E-state index in [-0.39, 0.29) is 101 Å². The van der Waals surface area contributed by atoms with E-state index >= 15 is 4.79 Å². The molecular weight excluding hydrogens is 1270 g/mol. The lowest BCUT2D eigenvalue weighted by molar-refractivity contribution is -0.255. The van der Waals surface area contributed by atoms with Crippen LogP contribution in [0.1, 0.15) is 78.5 Å². The number of aliphatic hydroxyl groups excluding tert-OH is 1. The number of alkyl carbamates (subject to hydrolysis) is 1. The van der Waals surface area contributed by atoms with Gasteiger partial charge in [-0.3, -0.25) is 34.7 Å². The van der Waals surface area contributed by atoms with Gasteiger partial charge in [0.2, 0.25) is 29.5 Å². The number of aryl methyl sites for hydroxylation is 1. The molecule has 0 saturated carbocycles. The second-order valence-corrected chi connectivity index (χ2v) is 24.6. The molecule has 2 fully saturated rings. The van der Waals surface area contributed by atoms with Crippen LogP contribution in [0.5, 0.6) is 5.75 Å². The number of halogens is 1. The van der Waals surface area contributed by atoms with Crippen molar-refractivity contribution in [2.45, 2.75) is 140 Å². The van der Waals surface area contributed by atoms with Crippen LogP contribution >= 0.6 is 11.6 Å². The summed E-state index contributed by atoms with van der Waals surface area (Å²) in [6.45, 7) is 10.7. The molecule has 29 nitrogen and oxygen atoms in total. The maximum absolute atomic E-state index is 15.1. The van der Waals surface area contributed by atoms with Gasteiger partial charge >= 0.3 is 18.0 Å². The number of allylic oxidation sites excluding steroid dienone is 3. The molecular formula is C66H96ClN9O20. The Kier molecular flexibility index (Phi) is 29.0. The Morgan fingerprint density at radius 2 is 1.51 bits per heavy atom. The minimum atomic E-state index is -2.70. The number of amides is 6. The highest BCUT2D eigenvalue weighted by Gasteiger charge is 2.74. The molecule has 2 saturated heterocycles. The topological polar surface area (TPSA) is 339 Å². The molecule has 0 aliphatic carbocycles. The van der Waals surface area contributed by atoms with Gasteiger partial charge in [-0.1, -0.05) is 60.5 Å². The largest absolute Gasteiger partial charge is 0.495 e. The highest BCUT2D eigenvalue weighted by molar-refractivity contribution is 6.35. The summed E-state index contributed by atoms with van der Waals surface area (Å²) in [6.07, 6.45) is -0.285. The number of benzene rings is 2. The van der Waals surface area contributed by atoms with Crippen LogP contribution in [0.15, 0.2) is 66.3 Å². The van der Waals surface area contributed by atoms with Gasteiger partial charge in [-0.25, -0.2) is 19.4 Å². The van der Waals surface area contributed by atoms with Crippen molar-refractivity contribution in [3.8, 4) is 5.75 Å². The lowest BCUT2D eigenvalue weighted by atomic mass is 9.82. The minimum Gasteiger partial charge on any atom is -0.495 e. The fourth-order valence-electron chi connectivity index (χ4n) is 11.2. The number of fused-ring (bicyclic) bond motifs is 6. The second-order valence-electron chi connectivity index (χ2n) is 24.2. The first-order valence-electron chi connectivity index (χ1n) is 31.9. The zero-order valence-electron chi connectivity index (χ0n) is 57.2. The van der Waals surface area contributed by atoms with Gasteiger partial charge in [-0.2, -0.15) is 0 Å². The summed E-state index contributed by atoms with van der Waals surface area (Å²) in [6, 6.07) is 9.48. The third-order valence-corrected chi connectivity index (χ3v) is 17.9. The molecule has 30 heteroatoms. The summed E-state index contributed by atoms with van der Waals surface area (Å²) in [7, 11) is 10.7. The fraction of sp³-hybridized carbons (Fsp3) is 0.606. The molecule has 3 aliphatic heterocycles. The summed E-state index contributed by atoms with van der Waals surface area (Å²) in [5.41, 5.74) is 2.75. The molecule has 6 amide bonds. The number of aromatic nitrogens is 1. The Hall–Kier alpha value is -7.29. The number of aliphatic hydroxyl groups is 2. The van der Waals surface area contributed by atoms with Crippen LogP contribution in [0.4, 0.5) is 10.5 Å². The molecule has 3 aliphatic rings. The van der Waals surface area contributed by atoms with E-state index in [9.17, 15) is 43.8 Å². The molecule has 4 heterocycles. The third-order valence-electron chi connectivity index (χ3n) is 17.5. The number of nitrogens with one attached hydrogen (secondary N) is 4. The first kappa shape index (κ1) is 77.7. The van der Waals surface area contributed by atoms with Crippen LogP contribution in [0.2, 0.25) is 5.02 Å². The number of epoxide rings is 1. The average Bonchev–Trinajstić information content (AvgIpc) is 1.54. The number of likely N-dealkylation sites (N-methyl/N-ethyl adjacent to an activating group) is 2. The number of rotatable bonds is 32. The average molecular weight is 1370 g/mol. The monoisotopic (exact) mass is 1370 g/mol. The van der Waals surface area contributed by atoms with Gasteiger partial charge in [0.25, 0.3) is 5.79 Å². The van der Waals surface area contributed by atoms with Crippen molar-refractivity contribution in [1.82, 2.24) is 40.8 Å². The standard InChI is InChI=1S/C66H96ClN9O20/c1-41-17-16-20-54(88-13)65(86)37-53(93-63(85)71-65)42(2)59-64(6,94-59)66(95-61(83)43(3)73(9)45(5)78,38-57(81)75(11)51-34-46(33-41)35-52(87-12)58(51)67)96-62(84)44(4)74(10)56(80)22-25-89-27-29-91-31-32-92-30-28-90-26-23-69-60(82)49(40-77)70-55(79)21-24-76-48(39-72(8)68-7)36-47-18-14-15-19-50(47)76/h14-20,34-36,42-44,49,53-54,59,68,77,86H,21-33,37-40H2,1-13H3,(H,69,82)(H,70,79)(H,71,85)/b20-16+,41-17+/t42-,43+,44?,49?,53+,54?,59+,64-,65+,66-/m1/s1. The maximum atomic E-state index is 15.1. The molecule has 2 aromatic carbocycles. The van der Waals surface area contributed by atoms with Gasteiger partial charge in [-0.05, 0) is 76.4 Å². The molecule has 6 N–H and O–H groups in total. The van der Waals surface area contributed by atoms with Crippen LogP contribution in [-0.2, 0) is 95.7 Å². The molecule has 96 heavy (non-hydrogen) atoms. The van der Waals surface area contributed by atoms with Gasteiger partial charge in [0, 0.05) is 85.3 Å². The van der Waals surface area contributed by atoms with E-state index in [2.05, 4.69) is 32.0 Å². The van der Waals surface area contributed by atoms with E-state index in [1.807, 2.05) is 50.3 Å². The van der Waals surface area contributed by atoms with Crippen molar-refractivity contribution in [2.75, 3.05) is 120 Å². The quantitative estimate of drug-likeness (QED) is 0.0172. The molecule has 532 valence electrons. The molecule has 3 aromatic rings. The van der Waals surface area contributed by atoms with Crippen LogP contribution < -0.4 is 31.0 Å². The van der Waals surface area contributed by atoms with Gasteiger partial charge in [0.05, 0.1) is 85.2 Å². The van der Waals surface area contributed by atoms with Gasteiger partial charge in [0.1, 0.15) is 53.6 Å². The van der Waals surface area contributed by atoms with Gasteiger partial charge in [-0.15, -0.1) is 0 Å². The molecule has 1 aromatic heterocycles. The van der Waals surface area contributed by atoms with Crippen molar-refractivity contribution in [2.24, 2.45) is 5.92 Å². The van der Waals surface area contributed by atoms with Crippen LogP contribution in [0.25, 0.3) is 10.9 Å². The summed E-state index contributed by atoms with van der Waals surface area (Å²) >= 11 is 6.92.